The van der Waals surface area contributed by atoms with Gasteiger partial charge in [-0.15, -0.1) is 10.2 Å². The topological polar surface area (TPSA) is 103 Å². The summed E-state index contributed by atoms with van der Waals surface area (Å²) in [4.78, 5) is 23.1. The fourth-order valence-electron chi connectivity index (χ4n) is 1.91. The lowest BCUT2D eigenvalue weighted by atomic mass is 10.2. The second-order valence-electron chi connectivity index (χ2n) is 4.56. The number of carbonyl (C=O) groups excluding carboxylic acids is 2. The van der Waals surface area contributed by atoms with Crippen LogP contribution >= 0.6 is 27.7 Å². The van der Waals surface area contributed by atoms with Crippen molar-refractivity contribution >= 4 is 39.5 Å². The van der Waals surface area contributed by atoms with Gasteiger partial charge in [0.2, 0.25) is 5.91 Å². The van der Waals surface area contributed by atoms with Gasteiger partial charge in [-0.05, 0) is 35.0 Å². The van der Waals surface area contributed by atoms with E-state index in [0.29, 0.717) is 23.1 Å². The molecule has 0 spiro atoms. The number of amides is 2. The molecule has 2 amide bonds. The molecule has 0 aliphatic heterocycles. The Morgan fingerprint density at radius 2 is 2.09 bits per heavy atom. The Hall–Kier alpha value is -1.87. The summed E-state index contributed by atoms with van der Waals surface area (Å²) < 4.78 is 2.57. The van der Waals surface area contributed by atoms with Gasteiger partial charge in [-0.3, -0.25) is 9.59 Å². The molecule has 0 unspecified atom stereocenters. The molecule has 2 rings (SSSR count). The Labute approximate surface area is 146 Å². The second-order valence-corrected chi connectivity index (χ2v) is 6.36. The molecule has 0 aliphatic carbocycles. The molecule has 7 nitrogen and oxygen atoms in total. The van der Waals surface area contributed by atoms with Crippen LogP contribution in [0.5, 0.6) is 0 Å². The quantitative estimate of drug-likeness (QED) is 0.690. The minimum atomic E-state index is -0.413. The van der Waals surface area contributed by atoms with E-state index in [9.17, 15) is 9.59 Å². The summed E-state index contributed by atoms with van der Waals surface area (Å²) in [5.74, 6) is 0.153. The predicted octanol–water partition coefficient (Wildman–Crippen LogP) is 1.57. The summed E-state index contributed by atoms with van der Waals surface area (Å²) in [5, 5.41) is 11.5. The first-order valence-electron chi connectivity index (χ1n) is 6.88. The number of rotatable bonds is 7. The Morgan fingerprint density at radius 1 is 1.35 bits per heavy atom. The molecule has 3 N–H and O–H groups in total. The highest BCUT2D eigenvalue weighted by molar-refractivity contribution is 9.10. The van der Waals surface area contributed by atoms with Gasteiger partial charge in [-0.2, -0.15) is 0 Å². The van der Waals surface area contributed by atoms with Gasteiger partial charge in [0.1, 0.15) is 0 Å². The molecule has 0 saturated carbocycles. The minimum absolute atomic E-state index is 0.140. The van der Waals surface area contributed by atoms with Crippen LogP contribution in [0.4, 0.5) is 0 Å². The monoisotopic (exact) mass is 397 g/mol. The number of nitrogens with two attached hydrogens (primary N) is 1. The van der Waals surface area contributed by atoms with Crippen molar-refractivity contribution in [3.05, 3.63) is 40.1 Å². The standard InChI is InChI=1S/C14H16BrN5O2S/c1-2-20-12(18-19-14(20)23-8-11(16)21)7-17-13(22)9-5-3-4-6-10(9)15/h3-6H,2,7-8H2,1H3,(H2,16,21)(H,17,22). The van der Waals surface area contributed by atoms with Gasteiger partial charge >= 0.3 is 0 Å². The Kier molecular flexibility index (Phi) is 6.17. The van der Waals surface area contributed by atoms with Crippen molar-refractivity contribution in [1.29, 1.82) is 0 Å². The molecule has 1 heterocycles. The summed E-state index contributed by atoms with van der Waals surface area (Å²) >= 11 is 4.58. The summed E-state index contributed by atoms with van der Waals surface area (Å²) in [6.07, 6.45) is 0. The zero-order chi connectivity index (χ0) is 16.8. The van der Waals surface area contributed by atoms with Crippen LogP contribution in [0.2, 0.25) is 0 Å². The summed E-state index contributed by atoms with van der Waals surface area (Å²) in [6.45, 7) is 2.82. The maximum atomic E-state index is 12.2. The lowest BCUT2D eigenvalue weighted by molar-refractivity contribution is -0.115. The number of nitrogens with zero attached hydrogens (tertiary/aromatic N) is 3. The van der Waals surface area contributed by atoms with Gasteiger partial charge in [0.25, 0.3) is 5.91 Å². The van der Waals surface area contributed by atoms with Crippen molar-refractivity contribution in [1.82, 2.24) is 20.1 Å². The molecule has 122 valence electrons. The van der Waals surface area contributed by atoms with Crippen LogP contribution in [0, 0.1) is 0 Å². The summed E-state index contributed by atoms with van der Waals surface area (Å²) in [6, 6.07) is 7.18. The number of aromatic nitrogens is 3. The molecule has 9 heteroatoms. The Morgan fingerprint density at radius 3 is 2.74 bits per heavy atom. The average molecular weight is 398 g/mol. The number of primary amides is 1. The van der Waals surface area contributed by atoms with Gasteiger partial charge in [0, 0.05) is 11.0 Å². The van der Waals surface area contributed by atoms with E-state index in [1.54, 1.807) is 12.1 Å². The first-order chi connectivity index (χ1) is 11.0. The largest absolute Gasteiger partial charge is 0.369 e. The molecule has 0 fully saturated rings. The molecular weight excluding hydrogens is 382 g/mol. The molecule has 0 bridgehead atoms. The van der Waals surface area contributed by atoms with Gasteiger partial charge in [0.15, 0.2) is 11.0 Å². The van der Waals surface area contributed by atoms with Crippen LogP contribution < -0.4 is 11.1 Å². The Balaban J connectivity index is 2.04. The summed E-state index contributed by atoms with van der Waals surface area (Å²) in [5.41, 5.74) is 5.69. The number of carbonyl (C=O) groups is 2. The van der Waals surface area contributed by atoms with Crippen LogP contribution in [0.15, 0.2) is 33.9 Å². The van der Waals surface area contributed by atoms with E-state index in [2.05, 4.69) is 31.4 Å². The zero-order valence-electron chi connectivity index (χ0n) is 12.5. The van der Waals surface area contributed by atoms with Crippen molar-refractivity contribution in [2.45, 2.75) is 25.2 Å². The average Bonchev–Trinajstić information content (AvgIpc) is 2.93. The SMILES string of the molecule is CCn1c(CNC(=O)c2ccccc2Br)nnc1SCC(N)=O. The van der Waals surface area contributed by atoms with E-state index >= 15 is 0 Å². The predicted molar refractivity (Wildman–Crippen MR) is 90.9 cm³/mol. The van der Waals surface area contributed by atoms with Crippen molar-refractivity contribution in [2.24, 2.45) is 5.73 Å². The third kappa shape index (κ3) is 4.55. The van der Waals surface area contributed by atoms with Gasteiger partial charge in [-0.1, -0.05) is 23.9 Å². The zero-order valence-corrected chi connectivity index (χ0v) is 14.9. The number of hydrogen-bond acceptors (Lipinski definition) is 5. The smallest absolute Gasteiger partial charge is 0.252 e. The highest BCUT2D eigenvalue weighted by Gasteiger charge is 2.14. The van der Waals surface area contributed by atoms with E-state index in [0.717, 1.165) is 4.47 Å². The van der Waals surface area contributed by atoms with Gasteiger partial charge in [0.05, 0.1) is 17.9 Å². The van der Waals surface area contributed by atoms with E-state index < -0.39 is 5.91 Å². The normalized spacial score (nSPS) is 10.5. The van der Waals surface area contributed by atoms with Crippen LogP contribution in [0.25, 0.3) is 0 Å². The molecule has 1 aromatic heterocycles. The van der Waals surface area contributed by atoms with Crippen molar-refractivity contribution in [2.75, 3.05) is 5.75 Å². The number of hydrogen-bond donors (Lipinski definition) is 2. The molecule has 1 aromatic carbocycles. The van der Waals surface area contributed by atoms with E-state index in [-0.39, 0.29) is 18.2 Å². The van der Waals surface area contributed by atoms with E-state index in [4.69, 9.17) is 5.73 Å². The molecule has 2 aromatic rings. The van der Waals surface area contributed by atoms with Crippen LogP contribution in [-0.4, -0.2) is 32.3 Å². The lowest BCUT2D eigenvalue weighted by Gasteiger charge is -2.09. The minimum Gasteiger partial charge on any atom is -0.369 e. The maximum absolute atomic E-state index is 12.2. The highest BCUT2D eigenvalue weighted by Crippen LogP contribution is 2.18. The fraction of sp³-hybridized carbons (Fsp3) is 0.286. The Bertz CT molecular complexity index is 719. The number of halogens is 1. The van der Waals surface area contributed by atoms with Gasteiger partial charge in [-0.25, -0.2) is 0 Å². The molecular formula is C14H16BrN5O2S. The van der Waals surface area contributed by atoms with Crippen LogP contribution in [0.3, 0.4) is 0 Å². The van der Waals surface area contributed by atoms with Gasteiger partial charge < -0.3 is 15.6 Å². The lowest BCUT2D eigenvalue weighted by Crippen LogP contribution is -2.25. The van der Waals surface area contributed by atoms with Crippen molar-refractivity contribution in [3.63, 3.8) is 0 Å². The van der Waals surface area contributed by atoms with E-state index in [1.165, 1.54) is 11.8 Å². The number of nitrogens with one attached hydrogen (secondary N) is 1. The molecule has 23 heavy (non-hydrogen) atoms. The van der Waals surface area contributed by atoms with Crippen LogP contribution in [0.1, 0.15) is 23.1 Å². The first kappa shape index (κ1) is 17.5. The van der Waals surface area contributed by atoms with E-state index in [1.807, 2.05) is 23.6 Å². The van der Waals surface area contributed by atoms with Crippen LogP contribution in [-0.2, 0) is 17.9 Å². The molecule has 0 aliphatic rings. The third-order valence-electron chi connectivity index (χ3n) is 2.98. The number of thioether (sulfide) groups is 1. The highest BCUT2D eigenvalue weighted by atomic mass is 79.9. The fourth-order valence-corrected chi connectivity index (χ4v) is 3.13. The second kappa shape index (κ2) is 8.11. The third-order valence-corrected chi connectivity index (χ3v) is 4.66. The molecule has 0 atom stereocenters. The summed E-state index contributed by atoms with van der Waals surface area (Å²) in [7, 11) is 0. The molecule has 0 saturated heterocycles. The molecule has 0 radical (unpaired) electrons. The van der Waals surface area contributed by atoms with Crippen molar-refractivity contribution < 1.29 is 9.59 Å². The van der Waals surface area contributed by atoms with Crippen molar-refractivity contribution in [3.8, 4) is 0 Å². The first-order valence-corrected chi connectivity index (χ1v) is 8.66. The maximum Gasteiger partial charge on any atom is 0.252 e. The number of benzene rings is 1.